The first kappa shape index (κ1) is 11.5. The Hall–Kier alpha value is 1.47. The quantitative estimate of drug-likeness (QED) is 0.599. The Morgan fingerprint density at radius 1 is 0.667 bits per heavy atom. The van der Waals surface area contributed by atoms with Crippen LogP contribution in [-0.4, -0.2) is 46.1 Å². The third-order valence-electron chi connectivity index (χ3n) is 1.97. The third-order valence-corrected chi connectivity index (χ3v) is 30.7. The van der Waals surface area contributed by atoms with Crippen molar-refractivity contribution in [2.45, 2.75) is 46.0 Å². The fourth-order valence-corrected chi connectivity index (χ4v) is 28.8. The topological polar surface area (TPSA) is 0 Å². The van der Waals surface area contributed by atoms with E-state index in [1.807, 2.05) is 0 Å². The Morgan fingerprint density at radius 2 is 0.917 bits per heavy atom. The molecule has 0 bridgehead atoms. The van der Waals surface area contributed by atoms with Crippen LogP contribution in [0.4, 0.5) is 0 Å². The second-order valence-corrected chi connectivity index (χ2v) is 24.1. The molecule has 0 aromatic carbocycles. The fourth-order valence-electron chi connectivity index (χ4n) is 1.29. The van der Waals surface area contributed by atoms with Crippen LogP contribution in [0, 0.1) is 0 Å². The van der Waals surface area contributed by atoms with Crippen LogP contribution >= 0.6 is 0 Å². The van der Waals surface area contributed by atoms with Gasteiger partial charge in [-0.3, -0.25) is 0 Å². The van der Waals surface area contributed by atoms with Crippen molar-refractivity contribution in [3.05, 3.63) is 0 Å². The SMILES string of the molecule is C[Si]1(C)C[Se]C[Si](C)(C)C[Se]C1. The minimum atomic E-state index is -0.658. The summed E-state index contributed by atoms with van der Waals surface area (Å²) in [5, 5.41) is 0. The molecule has 0 unspecified atom stereocenters. The Balaban J connectivity index is 2.45. The van der Waals surface area contributed by atoms with Gasteiger partial charge in [-0.15, -0.1) is 0 Å². The van der Waals surface area contributed by atoms with Gasteiger partial charge < -0.3 is 0 Å². The van der Waals surface area contributed by atoms with Gasteiger partial charge in [-0.2, -0.15) is 0 Å². The first-order chi connectivity index (χ1) is 5.41. The van der Waals surface area contributed by atoms with E-state index < -0.39 is 16.1 Å². The van der Waals surface area contributed by atoms with Gasteiger partial charge in [0.15, 0.2) is 0 Å². The van der Waals surface area contributed by atoms with Crippen molar-refractivity contribution in [3.63, 3.8) is 0 Å². The summed E-state index contributed by atoms with van der Waals surface area (Å²) in [6, 6.07) is 0. The normalized spacial score (nSPS) is 29.0. The minimum absolute atomic E-state index is 0.658. The molecule has 1 rings (SSSR count). The van der Waals surface area contributed by atoms with Gasteiger partial charge in [0, 0.05) is 0 Å². The summed E-state index contributed by atoms with van der Waals surface area (Å²) in [7, 11) is -1.32. The maximum absolute atomic E-state index is 2.61. The zero-order valence-corrected chi connectivity index (χ0v) is 14.1. The van der Waals surface area contributed by atoms with Gasteiger partial charge in [0.1, 0.15) is 0 Å². The number of hydrogen-bond acceptors (Lipinski definition) is 0. The standard InChI is InChI=1S/C8H20Se2Si2/c1-11(2)5-9-7-12(3,4)8-10-6-11/h5-8H2,1-4H3. The second-order valence-electron chi connectivity index (χ2n) is 5.31. The zero-order valence-electron chi connectivity index (χ0n) is 8.64. The van der Waals surface area contributed by atoms with E-state index in [2.05, 4.69) is 26.2 Å². The van der Waals surface area contributed by atoms with Gasteiger partial charge >= 0.3 is 92.0 Å². The van der Waals surface area contributed by atoms with Crippen molar-refractivity contribution in [1.29, 1.82) is 0 Å². The molecule has 0 atom stereocenters. The molecule has 0 saturated carbocycles. The molecule has 0 aromatic rings. The predicted molar refractivity (Wildman–Crippen MR) is 65.7 cm³/mol. The van der Waals surface area contributed by atoms with Crippen molar-refractivity contribution < 1.29 is 0 Å². The Labute approximate surface area is 91.6 Å². The van der Waals surface area contributed by atoms with Crippen molar-refractivity contribution in [2.75, 3.05) is 0 Å². The van der Waals surface area contributed by atoms with Gasteiger partial charge in [-0.05, 0) is 0 Å². The van der Waals surface area contributed by atoms with Gasteiger partial charge in [-0.25, -0.2) is 0 Å². The van der Waals surface area contributed by atoms with E-state index in [4.69, 9.17) is 0 Å². The number of rotatable bonds is 0. The second kappa shape index (κ2) is 4.33. The summed E-state index contributed by atoms with van der Waals surface area (Å²) in [5.41, 5.74) is 0. The molecule has 1 aliphatic heterocycles. The van der Waals surface area contributed by atoms with Crippen LogP contribution in [0.2, 0.25) is 46.0 Å². The summed E-state index contributed by atoms with van der Waals surface area (Å²) in [6.07, 6.45) is 0. The molecule has 0 aromatic heterocycles. The van der Waals surface area contributed by atoms with Gasteiger partial charge in [-0.1, -0.05) is 0 Å². The molecule has 0 spiro atoms. The third kappa shape index (κ3) is 4.12. The number of hydrogen-bond donors (Lipinski definition) is 0. The molecule has 0 N–H and O–H groups in total. The van der Waals surface area contributed by atoms with Crippen molar-refractivity contribution >= 4 is 46.1 Å². The van der Waals surface area contributed by atoms with Crippen LogP contribution in [0.15, 0.2) is 0 Å². The van der Waals surface area contributed by atoms with E-state index in [9.17, 15) is 0 Å². The molecule has 72 valence electrons. The molecule has 0 nitrogen and oxygen atoms in total. The Bertz CT molecular complexity index is 127. The average molecular weight is 330 g/mol. The fraction of sp³-hybridized carbons (Fsp3) is 1.00. The molecule has 0 amide bonds. The zero-order chi connectivity index (χ0) is 9.24. The molecule has 1 heterocycles. The van der Waals surface area contributed by atoms with E-state index in [-0.39, 0.29) is 0 Å². The molecule has 12 heavy (non-hydrogen) atoms. The van der Waals surface area contributed by atoms with Crippen LogP contribution in [0.1, 0.15) is 0 Å². The van der Waals surface area contributed by atoms with E-state index in [1.165, 1.54) is 0 Å². The van der Waals surface area contributed by atoms with Crippen molar-refractivity contribution in [1.82, 2.24) is 0 Å². The monoisotopic (exact) mass is 332 g/mol. The van der Waals surface area contributed by atoms with Crippen LogP contribution in [0.5, 0.6) is 0 Å². The van der Waals surface area contributed by atoms with Gasteiger partial charge in [0.05, 0.1) is 0 Å². The van der Waals surface area contributed by atoms with Crippen LogP contribution < -0.4 is 0 Å². The van der Waals surface area contributed by atoms with Crippen LogP contribution in [0.3, 0.4) is 0 Å². The van der Waals surface area contributed by atoms with E-state index in [0.717, 1.165) is 29.9 Å². The van der Waals surface area contributed by atoms with Crippen LogP contribution in [0.25, 0.3) is 0 Å². The van der Waals surface area contributed by atoms with E-state index >= 15 is 0 Å². The van der Waals surface area contributed by atoms with Gasteiger partial charge in [0.2, 0.25) is 0 Å². The average Bonchev–Trinajstić information content (AvgIpc) is 1.82. The molecular formula is C8H20Se2Si2. The first-order valence-electron chi connectivity index (χ1n) is 4.57. The van der Waals surface area contributed by atoms with E-state index in [1.54, 1.807) is 19.8 Å². The molecule has 1 aliphatic rings. The molecule has 4 heteroatoms. The molecule has 0 aliphatic carbocycles. The predicted octanol–water partition coefficient (Wildman–Crippen LogP) is 2.66. The summed E-state index contributed by atoms with van der Waals surface area (Å²) >= 11 is 2.06. The molecule has 1 fully saturated rings. The Morgan fingerprint density at radius 3 is 1.17 bits per heavy atom. The summed E-state index contributed by atoms with van der Waals surface area (Å²) in [6.45, 7) is 10.4. The Kier molecular flexibility index (Phi) is 4.17. The molecule has 0 radical (unpaired) electrons. The summed E-state index contributed by atoms with van der Waals surface area (Å²) in [4.78, 5) is 6.72. The summed E-state index contributed by atoms with van der Waals surface area (Å²) < 4.78 is 0. The van der Waals surface area contributed by atoms with Crippen molar-refractivity contribution in [3.8, 4) is 0 Å². The molecule has 1 saturated heterocycles. The molecular weight excluding hydrogens is 310 g/mol. The van der Waals surface area contributed by atoms with Crippen molar-refractivity contribution in [2.24, 2.45) is 0 Å². The first-order valence-corrected chi connectivity index (χ1v) is 16.2. The van der Waals surface area contributed by atoms with Gasteiger partial charge in [0.25, 0.3) is 0 Å². The maximum atomic E-state index is 2.61. The van der Waals surface area contributed by atoms with E-state index in [0.29, 0.717) is 0 Å². The van der Waals surface area contributed by atoms with Crippen LogP contribution in [-0.2, 0) is 0 Å². The summed E-state index contributed by atoms with van der Waals surface area (Å²) in [5.74, 6) is 0.